The van der Waals surface area contributed by atoms with Crippen LogP contribution >= 0.6 is 11.6 Å². The number of rotatable bonds is 2. The first kappa shape index (κ1) is 11.4. The van der Waals surface area contributed by atoms with Gasteiger partial charge in [0.25, 0.3) is 0 Å². The molecule has 0 atom stereocenters. The van der Waals surface area contributed by atoms with Crippen molar-refractivity contribution in [2.45, 2.75) is 12.8 Å². The molecule has 2 aromatic rings. The fourth-order valence-electron chi connectivity index (χ4n) is 2.15. The van der Waals surface area contributed by atoms with E-state index in [-0.39, 0.29) is 0 Å². The Bertz CT molecular complexity index is 568. The van der Waals surface area contributed by atoms with E-state index in [0.29, 0.717) is 0 Å². The maximum atomic E-state index is 5.96. The fourth-order valence-corrected chi connectivity index (χ4v) is 2.34. The van der Waals surface area contributed by atoms with Gasteiger partial charge in [-0.05, 0) is 42.7 Å². The van der Waals surface area contributed by atoms with E-state index < -0.39 is 0 Å². The highest BCUT2D eigenvalue weighted by molar-refractivity contribution is 6.30. The van der Waals surface area contributed by atoms with Gasteiger partial charge in [-0.25, -0.2) is 0 Å². The number of aryl methyl sites for hydroxylation is 1. The Labute approximate surface area is 112 Å². The number of benzene rings is 2. The molecule has 0 aliphatic carbocycles. The van der Waals surface area contributed by atoms with Crippen LogP contribution in [0, 0.1) is 0 Å². The average Bonchev–Trinajstić information content (AvgIpc) is 2.39. The third kappa shape index (κ3) is 2.44. The van der Waals surface area contributed by atoms with Gasteiger partial charge in [0.05, 0.1) is 6.61 Å². The van der Waals surface area contributed by atoms with Crippen molar-refractivity contribution in [3.05, 3.63) is 53.1 Å². The summed E-state index contributed by atoms with van der Waals surface area (Å²) in [6, 6.07) is 13.9. The molecule has 92 valence electrons. The van der Waals surface area contributed by atoms with Crippen molar-refractivity contribution in [2.24, 2.45) is 0 Å². The second kappa shape index (κ2) is 4.91. The minimum Gasteiger partial charge on any atom is -0.493 e. The van der Waals surface area contributed by atoms with Gasteiger partial charge in [0.1, 0.15) is 5.75 Å². The van der Waals surface area contributed by atoms with Crippen LogP contribution in [0.4, 0.5) is 11.4 Å². The Morgan fingerprint density at radius 2 is 1.94 bits per heavy atom. The topological polar surface area (TPSA) is 21.3 Å². The van der Waals surface area contributed by atoms with Gasteiger partial charge in [-0.3, -0.25) is 0 Å². The molecule has 0 saturated heterocycles. The van der Waals surface area contributed by atoms with E-state index in [1.165, 1.54) is 5.56 Å². The van der Waals surface area contributed by atoms with Crippen molar-refractivity contribution in [2.75, 3.05) is 11.9 Å². The molecule has 2 nitrogen and oxygen atoms in total. The van der Waals surface area contributed by atoms with E-state index >= 15 is 0 Å². The maximum absolute atomic E-state index is 5.96. The molecule has 1 N–H and O–H groups in total. The molecule has 0 radical (unpaired) electrons. The molecule has 2 aromatic carbocycles. The van der Waals surface area contributed by atoms with Crippen LogP contribution in [-0.4, -0.2) is 6.61 Å². The number of ether oxygens (including phenoxy) is 1. The highest BCUT2D eigenvalue weighted by Crippen LogP contribution is 2.29. The zero-order valence-electron chi connectivity index (χ0n) is 9.95. The third-order valence-corrected chi connectivity index (χ3v) is 3.26. The normalized spacial score (nSPS) is 13.6. The first-order chi connectivity index (χ1) is 8.81. The molecule has 0 amide bonds. The maximum Gasteiger partial charge on any atom is 0.124 e. The average molecular weight is 260 g/mol. The predicted octanol–water partition coefficient (Wildman–Crippen LogP) is 4.41. The van der Waals surface area contributed by atoms with Crippen LogP contribution in [0.2, 0.25) is 5.02 Å². The lowest BCUT2D eigenvalue weighted by Gasteiger charge is -2.18. The summed E-state index contributed by atoms with van der Waals surface area (Å²) in [6.45, 7) is 0.813. The van der Waals surface area contributed by atoms with Crippen molar-refractivity contribution in [3.63, 3.8) is 0 Å². The minimum absolute atomic E-state index is 0.731. The van der Waals surface area contributed by atoms with E-state index in [4.69, 9.17) is 16.3 Å². The number of nitrogens with one attached hydrogen (secondary N) is 1. The van der Waals surface area contributed by atoms with Crippen LogP contribution in [-0.2, 0) is 6.42 Å². The summed E-state index contributed by atoms with van der Waals surface area (Å²) in [6.07, 6.45) is 2.21. The number of hydrogen-bond donors (Lipinski definition) is 1. The van der Waals surface area contributed by atoms with E-state index in [1.807, 2.05) is 24.3 Å². The second-order valence-electron chi connectivity index (χ2n) is 4.41. The van der Waals surface area contributed by atoms with Crippen LogP contribution < -0.4 is 10.1 Å². The second-order valence-corrected chi connectivity index (χ2v) is 4.85. The molecule has 0 unspecified atom stereocenters. The van der Waals surface area contributed by atoms with Gasteiger partial charge in [-0.15, -0.1) is 0 Å². The summed E-state index contributed by atoms with van der Waals surface area (Å²) in [5, 5.41) is 4.06. The Balaban J connectivity index is 1.85. The number of hydrogen-bond acceptors (Lipinski definition) is 2. The van der Waals surface area contributed by atoms with E-state index in [2.05, 4.69) is 23.5 Å². The third-order valence-electron chi connectivity index (χ3n) is 3.03. The number of halogens is 1. The molecule has 0 saturated carbocycles. The smallest absolute Gasteiger partial charge is 0.124 e. The van der Waals surface area contributed by atoms with Crippen LogP contribution in [0.5, 0.6) is 5.75 Å². The zero-order valence-corrected chi connectivity index (χ0v) is 10.7. The Morgan fingerprint density at radius 1 is 1.06 bits per heavy atom. The Hall–Kier alpha value is -1.67. The van der Waals surface area contributed by atoms with Gasteiger partial charge in [-0.1, -0.05) is 23.7 Å². The first-order valence-corrected chi connectivity index (χ1v) is 6.47. The van der Waals surface area contributed by atoms with Crippen molar-refractivity contribution in [1.29, 1.82) is 0 Å². The van der Waals surface area contributed by atoms with Gasteiger partial charge in [0.2, 0.25) is 0 Å². The van der Waals surface area contributed by atoms with Gasteiger partial charge >= 0.3 is 0 Å². The largest absolute Gasteiger partial charge is 0.493 e. The van der Waals surface area contributed by atoms with Crippen LogP contribution in [0.15, 0.2) is 42.5 Å². The zero-order chi connectivity index (χ0) is 12.4. The highest BCUT2D eigenvalue weighted by Gasteiger charge is 2.10. The van der Waals surface area contributed by atoms with Crippen LogP contribution in [0.3, 0.4) is 0 Å². The molecule has 0 aromatic heterocycles. The molecular weight excluding hydrogens is 246 g/mol. The summed E-state index contributed by atoms with van der Waals surface area (Å²) in [7, 11) is 0. The summed E-state index contributed by atoms with van der Waals surface area (Å²) in [5.41, 5.74) is 3.30. The summed E-state index contributed by atoms with van der Waals surface area (Å²) < 4.78 is 5.66. The molecule has 18 heavy (non-hydrogen) atoms. The van der Waals surface area contributed by atoms with E-state index in [1.54, 1.807) is 0 Å². The molecular formula is C15H14ClNO. The summed E-state index contributed by atoms with van der Waals surface area (Å²) in [5.74, 6) is 0.994. The summed E-state index contributed by atoms with van der Waals surface area (Å²) >= 11 is 5.96. The van der Waals surface area contributed by atoms with Crippen molar-refractivity contribution < 1.29 is 4.74 Å². The van der Waals surface area contributed by atoms with Gasteiger partial charge < -0.3 is 10.1 Å². The molecule has 1 heterocycles. The quantitative estimate of drug-likeness (QED) is 0.863. The molecule has 0 spiro atoms. The molecule has 0 bridgehead atoms. The SMILES string of the molecule is Clc1cccc(Nc2ccc3c(c2)OCCC3)c1. The summed E-state index contributed by atoms with van der Waals surface area (Å²) in [4.78, 5) is 0. The fraction of sp³-hybridized carbons (Fsp3) is 0.200. The van der Waals surface area contributed by atoms with Gasteiger partial charge in [-0.2, -0.15) is 0 Å². The van der Waals surface area contributed by atoms with Gasteiger partial charge in [0.15, 0.2) is 0 Å². The van der Waals surface area contributed by atoms with Crippen molar-refractivity contribution in [1.82, 2.24) is 0 Å². The van der Waals surface area contributed by atoms with Crippen molar-refractivity contribution >= 4 is 23.0 Å². The predicted molar refractivity (Wildman–Crippen MR) is 75.0 cm³/mol. The van der Waals surface area contributed by atoms with E-state index in [0.717, 1.165) is 41.6 Å². The molecule has 0 fully saturated rings. The first-order valence-electron chi connectivity index (χ1n) is 6.09. The van der Waals surface area contributed by atoms with Crippen molar-refractivity contribution in [3.8, 4) is 5.75 Å². The number of anilines is 2. The molecule has 1 aliphatic heterocycles. The lowest BCUT2D eigenvalue weighted by atomic mass is 10.1. The molecule has 3 heteroatoms. The van der Waals surface area contributed by atoms with Crippen LogP contribution in [0.1, 0.15) is 12.0 Å². The lowest BCUT2D eigenvalue weighted by Crippen LogP contribution is -2.08. The Morgan fingerprint density at radius 3 is 2.83 bits per heavy atom. The highest BCUT2D eigenvalue weighted by atomic mass is 35.5. The van der Waals surface area contributed by atoms with Gasteiger partial charge in [0, 0.05) is 22.5 Å². The Kier molecular flexibility index (Phi) is 3.11. The monoisotopic (exact) mass is 259 g/mol. The van der Waals surface area contributed by atoms with E-state index in [9.17, 15) is 0 Å². The lowest BCUT2D eigenvalue weighted by molar-refractivity contribution is 0.288. The standard InChI is InChI=1S/C15H14ClNO/c16-12-4-1-5-13(9-12)17-14-7-6-11-3-2-8-18-15(11)10-14/h1,4-7,9-10,17H,2-3,8H2. The number of fused-ring (bicyclic) bond motifs is 1. The molecule has 1 aliphatic rings. The molecule has 3 rings (SSSR count). The minimum atomic E-state index is 0.731. The van der Waals surface area contributed by atoms with Crippen LogP contribution in [0.25, 0.3) is 0 Å².